The maximum atomic E-state index is 9.59. The van der Waals surface area contributed by atoms with Gasteiger partial charge in [-0.15, -0.1) is 0 Å². The Kier molecular flexibility index (Phi) is 2.21. The number of hydrogen-bond donors (Lipinski definition) is 3. The lowest BCUT2D eigenvalue weighted by Crippen LogP contribution is -1.78. The van der Waals surface area contributed by atoms with Gasteiger partial charge in [0.2, 0.25) is 0 Å². The first-order valence-electron chi connectivity index (χ1n) is 4.48. The zero-order chi connectivity index (χ0) is 10.8. The summed E-state index contributed by atoms with van der Waals surface area (Å²) in [5.41, 5.74) is 1.15. The maximum absolute atomic E-state index is 9.59. The molecule has 2 aromatic rings. The van der Waals surface area contributed by atoms with Gasteiger partial charge < -0.3 is 15.3 Å². The minimum absolute atomic E-state index is 0.0680. The van der Waals surface area contributed by atoms with Crippen molar-refractivity contribution >= 4 is 0 Å². The topological polar surface area (TPSA) is 60.7 Å². The van der Waals surface area contributed by atoms with E-state index in [4.69, 9.17) is 0 Å². The molecule has 0 bridgehead atoms. The molecule has 0 atom stereocenters. The average Bonchev–Trinajstić information content (AvgIpc) is 2.22. The predicted molar refractivity (Wildman–Crippen MR) is 56.9 cm³/mol. The predicted octanol–water partition coefficient (Wildman–Crippen LogP) is 2.47. The van der Waals surface area contributed by atoms with Crippen LogP contribution in [0, 0.1) is 0 Å². The molecule has 0 heterocycles. The number of phenols is 3. The molecule has 0 unspecified atom stereocenters. The Morgan fingerprint density at radius 3 is 2.20 bits per heavy atom. The van der Waals surface area contributed by atoms with E-state index in [1.807, 2.05) is 0 Å². The molecule has 0 saturated carbocycles. The van der Waals surface area contributed by atoms with Gasteiger partial charge in [-0.25, -0.2) is 0 Å². The van der Waals surface area contributed by atoms with Gasteiger partial charge in [0.05, 0.1) is 0 Å². The van der Waals surface area contributed by atoms with Crippen LogP contribution < -0.4 is 0 Å². The van der Waals surface area contributed by atoms with Crippen LogP contribution in [0.25, 0.3) is 11.1 Å². The van der Waals surface area contributed by atoms with Crippen molar-refractivity contribution in [2.75, 3.05) is 0 Å². The van der Waals surface area contributed by atoms with Crippen LogP contribution in [-0.4, -0.2) is 15.3 Å². The Balaban J connectivity index is 2.58. The van der Waals surface area contributed by atoms with E-state index in [0.29, 0.717) is 11.1 Å². The summed E-state index contributed by atoms with van der Waals surface area (Å²) in [6.45, 7) is 0. The molecule has 0 aliphatic rings. The molecule has 2 rings (SSSR count). The summed E-state index contributed by atoms with van der Waals surface area (Å²) >= 11 is 0. The second-order valence-corrected chi connectivity index (χ2v) is 3.25. The van der Waals surface area contributed by atoms with Gasteiger partial charge >= 0.3 is 0 Å². The maximum Gasteiger partial charge on any atom is 0.123 e. The number of rotatable bonds is 1. The molecule has 0 aliphatic carbocycles. The van der Waals surface area contributed by atoms with Crippen molar-refractivity contribution in [3.63, 3.8) is 0 Å². The van der Waals surface area contributed by atoms with Gasteiger partial charge in [-0.3, -0.25) is 0 Å². The fourth-order valence-corrected chi connectivity index (χ4v) is 1.43. The Morgan fingerprint density at radius 1 is 0.733 bits per heavy atom. The van der Waals surface area contributed by atoms with E-state index >= 15 is 0 Å². The Labute approximate surface area is 86.9 Å². The summed E-state index contributed by atoms with van der Waals surface area (Å²) in [6, 6.07) is 10.8. The minimum atomic E-state index is 0.0680. The van der Waals surface area contributed by atoms with E-state index in [1.165, 1.54) is 24.3 Å². The zero-order valence-corrected chi connectivity index (χ0v) is 7.88. The second-order valence-electron chi connectivity index (χ2n) is 3.25. The van der Waals surface area contributed by atoms with Crippen molar-refractivity contribution in [1.82, 2.24) is 0 Å². The lowest BCUT2D eigenvalue weighted by molar-refractivity contribution is 0.461. The van der Waals surface area contributed by atoms with Gasteiger partial charge in [-0.05, 0) is 35.9 Å². The first kappa shape index (κ1) is 9.40. The summed E-state index contributed by atoms with van der Waals surface area (Å²) in [7, 11) is 0. The van der Waals surface area contributed by atoms with Crippen LogP contribution in [0.5, 0.6) is 17.2 Å². The van der Waals surface area contributed by atoms with E-state index < -0.39 is 0 Å². The highest BCUT2D eigenvalue weighted by Gasteiger charge is 2.05. The van der Waals surface area contributed by atoms with E-state index in [0.717, 1.165) is 0 Å². The highest BCUT2D eigenvalue weighted by molar-refractivity contribution is 5.72. The monoisotopic (exact) mass is 202 g/mol. The lowest BCUT2D eigenvalue weighted by Gasteiger charge is -2.05. The molecule has 0 amide bonds. The molecule has 0 aromatic heterocycles. The van der Waals surface area contributed by atoms with Crippen molar-refractivity contribution in [3.8, 4) is 28.4 Å². The van der Waals surface area contributed by atoms with Crippen molar-refractivity contribution in [2.45, 2.75) is 0 Å². The summed E-state index contributed by atoms with van der Waals surface area (Å²) in [5, 5.41) is 28.2. The van der Waals surface area contributed by atoms with E-state index in [9.17, 15) is 15.3 Å². The Morgan fingerprint density at radius 2 is 1.47 bits per heavy atom. The third-order valence-corrected chi connectivity index (χ3v) is 2.14. The summed E-state index contributed by atoms with van der Waals surface area (Å²) in [6.07, 6.45) is 0. The lowest BCUT2D eigenvalue weighted by atomic mass is 10.0. The number of hydrogen-bond acceptors (Lipinski definition) is 3. The second kappa shape index (κ2) is 3.53. The molecule has 3 heteroatoms. The molecule has 0 spiro atoms. The van der Waals surface area contributed by atoms with Crippen LogP contribution in [0.1, 0.15) is 0 Å². The van der Waals surface area contributed by atoms with Gasteiger partial charge in [-0.1, -0.05) is 12.1 Å². The molecule has 2 aromatic carbocycles. The van der Waals surface area contributed by atoms with Crippen molar-refractivity contribution in [1.29, 1.82) is 0 Å². The Bertz CT molecular complexity index is 492. The molecule has 3 nitrogen and oxygen atoms in total. The molecule has 3 N–H and O–H groups in total. The highest BCUT2D eigenvalue weighted by atomic mass is 16.3. The van der Waals surface area contributed by atoms with E-state index in [-0.39, 0.29) is 17.2 Å². The summed E-state index contributed by atoms with van der Waals surface area (Å²) < 4.78 is 0. The van der Waals surface area contributed by atoms with Gasteiger partial charge in [0.15, 0.2) is 0 Å². The minimum Gasteiger partial charge on any atom is -0.508 e. The zero-order valence-electron chi connectivity index (χ0n) is 7.88. The molecular formula is C12H10O3. The first-order valence-corrected chi connectivity index (χ1v) is 4.48. The van der Waals surface area contributed by atoms with Crippen LogP contribution in [-0.2, 0) is 0 Å². The smallest absolute Gasteiger partial charge is 0.123 e. The average molecular weight is 202 g/mol. The summed E-state index contributed by atoms with van der Waals surface area (Å²) in [4.78, 5) is 0. The molecule has 0 radical (unpaired) electrons. The highest BCUT2D eigenvalue weighted by Crippen LogP contribution is 2.33. The van der Waals surface area contributed by atoms with Crippen molar-refractivity contribution in [3.05, 3.63) is 42.5 Å². The van der Waals surface area contributed by atoms with Crippen LogP contribution in [0.15, 0.2) is 42.5 Å². The van der Waals surface area contributed by atoms with Crippen molar-refractivity contribution < 1.29 is 15.3 Å². The van der Waals surface area contributed by atoms with Crippen molar-refractivity contribution in [2.24, 2.45) is 0 Å². The van der Waals surface area contributed by atoms with Crippen LogP contribution in [0.4, 0.5) is 0 Å². The number of benzene rings is 2. The number of aromatic hydroxyl groups is 3. The molecule has 0 saturated heterocycles. The summed E-state index contributed by atoms with van der Waals surface area (Å²) in [5.74, 6) is 0.264. The van der Waals surface area contributed by atoms with Gasteiger partial charge in [0.1, 0.15) is 17.2 Å². The SMILES string of the molecule is Oc1cccc(-c2cc(O)ccc2O)c1. The van der Waals surface area contributed by atoms with Gasteiger partial charge in [0.25, 0.3) is 0 Å². The largest absolute Gasteiger partial charge is 0.508 e. The quantitative estimate of drug-likeness (QED) is 0.622. The van der Waals surface area contributed by atoms with Crippen LogP contribution in [0.3, 0.4) is 0 Å². The van der Waals surface area contributed by atoms with Crippen LogP contribution in [0.2, 0.25) is 0 Å². The molecule has 15 heavy (non-hydrogen) atoms. The molecular weight excluding hydrogens is 192 g/mol. The first-order chi connectivity index (χ1) is 7.16. The number of phenolic OH excluding ortho intramolecular Hbond substituents is 3. The third kappa shape index (κ3) is 1.86. The third-order valence-electron chi connectivity index (χ3n) is 2.14. The van der Waals surface area contributed by atoms with Gasteiger partial charge in [-0.2, -0.15) is 0 Å². The van der Waals surface area contributed by atoms with Crippen LogP contribution >= 0.6 is 0 Å². The van der Waals surface area contributed by atoms with E-state index in [2.05, 4.69) is 0 Å². The molecule has 0 fully saturated rings. The fraction of sp³-hybridized carbons (Fsp3) is 0. The molecule has 76 valence electrons. The standard InChI is InChI=1S/C12H10O3/c13-9-3-1-2-8(6-9)11-7-10(14)4-5-12(11)15/h1-7,13-15H. The van der Waals surface area contributed by atoms with Gasteiger partial charge in [0, 0.05) is 5.56 Å². The normalized spacial score (nSPS) is 10.1. The Hall–Kier alpha value is -2.16. The van der Waals surface area contributed by atoms with E-state index in [1.54, 1.807) is 18.2 Å². The molecule has 0 aliphatic heterocycles. The fourth-order valence-electron chi connectivity index (χ4n) is 1.43.